The van der Waals surface area contributed by atoms with E-state index in [1.165, 1.54) is 0 Å². The minimum absolute atomic E-state index is 0.0661. The predicted molar refractivity (Wildman–Crippen MR) is 83.2 cm³/mol. The largest absolute Gasteiger partial charge is 0.416 e. The normalized spacial score (nSPS) is 11.1. The van der Waals surface area contributed by atoms with Crippen LogP contribution in [0.1, 0.15) is 11.1 Å². The Labute approximate surface area is 136 Å². The molecule has 0 aliphatic carbocycles. The molecule has 2 aromatic rings. The second kappa shape index (κ2) is 7.37. The Morgan fingerprint density at radius 3 is 2.43 bits per heavy atom. The molecule has 2 rings (SSSR count). The summed E-state index contributed by atoms with van der Waals surface area (Å²) in [7, 11) is 0. The molecule has 0 saturated carbocycles. The van der Waals surface area contributed by atoms with Gasteiger partial charge in [0.2, 0.25) is 5.91 Å². The molecular weight excluding hydrogens is 329 g/mol. The van der Waals surface area contributed by atoms with E-state index in [4.69, 9.17) is 11.6 Å². The first kappa shape index (κ1) is 17.1. The maximum atomic E-state index is 12.7. The van der Waals surface area contributed by atoms with Crippen LogP contribution in [-0.2, 0) is 17.5 Å². The quantitative estimate of drug-likeness (QED) is 0.859. The van der Waals surface area contributed by atoms with Crippen molar-refractivity contribution in [1.82, 2.24) is 5.32 Å². The smallest absolute Gasteiger partial charge is 0.375 e. The molecule has 0 heterocycles. The molecule has 0 aliphatic rings. The Hall–Kier alpha value is -2.21. The van der Waals surface area contributed by atoms with Gasteiger partial charge in [-0.1, -0.05) is 41.9 Å². The Morgan fingerprint density at radius 2 is 1.78 bits per heavy atom. The first-order valence-corrected chi connectivity index (χ1v) is 7.15. The zero-order valence-electron chi connectivity index (χ0n) is 12.0. The minimum atomic E-state index is -4.46. The summed E-state index contributed by atoms with van der Waals surface area (Å²) >= 11 is 5.84. The van der Waals surface area contributed by atoms with Gasteiger partial charge in [-0.3, -0.25) is 4.79 Å². The average molecular weight is 343 g/mol. The van der Waals surface area contributed by atoms with Crippen LogP contribution >= 0.6 is 11.6 Å². The Morgan fingerprint density at radius 1 is 1.09 bits per heavy atom. The molecule has 3 nitrogen and oxygen atoms in total. The van der Waals surface area contributed by atoms with Gasteiger partial charge in [0.05, 0.1) is 22.8 Å². The number of carbonyl (C=O) groups excluding carboxylic acids is 1. The molecule has 0 saturated heterocycles. The maximum Gasteiger partial charge on any atom is 0.416 e. The van der Waals surface area contributed by atoms with Crippen LogP contribution < -0.4 is 10.6 Å². The zero-order chi connectivity index (χ0) is 16.9. The molecule has 2 N–H and O–H groups in total. The van der Waals surface area contributed by atoms with Gasteiger partial charge in [0.15, 0.2) is 0 Å². The number of benzene rings is 2. The van der Waals surface area contributed by atoms with Crippen molar-refractivity contribution in [2.24, 2.45) is 0 Å². The second-order valence-electron chi connectivity index (χ2n) is 4.81. The third kappa shape index (κ3) is 5.17. The number of alkyl halides is 3. The molecular formula is C16H14ClF3N2O. The molecule has 0 aromatic heterocycles. The first-order chi connectivity index (χ1) is 10.9. The van der Waals surface area contributed by atoms with Crippen LogP contribution in [0.4, 0.5) is 18.9 Å². The molecule has 0 unspecified atom stereocenters. The average Bonchev–Trinajstić information content (AvgIpc) is 2.52. The van der Waals surface area contributed by atoms with Crippen molar-refractivity contribution in [2.45, 2.75) is 12.7 Å². The highest BCUT2D eigenvalue weighted by molar-refractivity contribution is 6.33. The van der Waals surface area contributed by atoms with Gasteiger partial charge in [-0.05, 0) is 23.8 Å². The van der Waals surface area contributed by atoms with E-state index in [0.29, 0.717) is 6.54 Å². The van der Waals surface area contributed by atoms with Crippen LogP contribution in [0.5, 0.6) is 0 Å². The highest BCUT2D eigenvalue weighted by atomic mass is 35.5. The molecule has 1 amide bonds. The Kier molecular flexibility index (Phi) is 5.50. The van der Waals surface area contributed by atoms with Crippen LogP contribution in [-0.4, -0.2) is 12.5 Å². The van der Waals surface area contributed by atoms with Gasteiger partial charge in [-0.15, -0.1) is 0 Å². The highest BCUT2D eigenvalue weighted by Gasteiger charge is 2.30. The van der Waals surface area contributed by atoms with Gasteiger partial charge in [-0.25, -0.2) is 0 Å². The van der Waals surface area contributed by atoms with E-state index in [0.717, 1.165) is 23.8 Å². The van der Waals surface area contributed by atoms with Crippen molar-refractivity contribution in [3.8, 4) is 0 Å². The van der Waals surface area contributed by atoms with Crippen molar-refractivity contribution in [2.75, 3.05) is 11.9 Å². The van der Waals surface area contributed by atoms with Crippen LogP contribution in [0, 0.1) is 0 Å². The van der Waals surface area contributed by atoms with Crippen molar-refractivity contribution in [3.63, 3.8) is 0 Å². The molecule has 0 aliphatic heterocycles. The molecule has 23 heavy (non-hydrogen) atoms. The predicted octanol–water partition coefficient (Wildman–Crippen LogP) is 4.09. The fourth-order valence-electron chi connectivity index (χ4n) is 1.87. The monoisotopic (exact) mass is 342 g/mol. The van der Waals surface area contributed by atoms with E-state index in [9.17, 15) is 18.0 Å². The summed E-state index contributed by atoms with van der Waals surface area (Å²) < 4.78 is 38.0. The number of carbonyl (C=O) groups is 1. The van der Waals surface area contributed by atoms with Crippen LogP contribution in [0.3, 0.4) is 0 Å². The van der Waals surface area contributed by atoms with Gasteiger partial charge in [-0.2, -0.15) is 13.2 Å². The fourth-order valence-corrected chi connectivity index (χ4v) is 2.06. The molecule has 2 aromatic carbocycles. The summed E-state index contributed by atoms with van der Waals surface area (Å²) in [6.45, 7) is 0.172. The first-order valence-electron chi connectivity index (χ1n) is 6.77. The van der Waals surface area contributed by atoms with Gasteiger partial charge >= 0.3 is 6.18 Å². The summed E-state index contributed by atoms with van der Waals surface area (Å²) in [6.07, 6.45) is -4.46. The molecule has 122 valence electrons. The van der Waals surface area contributed by atoms with Crippen LogP contribution in [0.25, 0.3) is 0 Å². The van der Waals surface area contributed by atoms with E-state index < -0.39 is 11.7 Å². The van der Waals surface area contributed by atoms with Gasteiger partial charge in [0.1, 0.15) is 0 Å². The van der Waals surface area contributed by atoms with Crippen LogP contribution in [0.15, 0.2) is 48.5 Å². The van der Waals surface area contributed by atoms with Gasteiger partial charge < -0.3 is 10.6 Å². The van der Waals surface area contributed by atoms with Crippen molar-refractivity contribution in [3.05, 3.63) is 64.7 Å². The number of rotatable bonds is 5. The van der Waals surface area contributed by atoms with Crippen molar-refractivity contribution >= 4 is 23.2 Å². The lowest BCUT2D eigenvalue weighted by Crippen LogP contribution is -2.29. The molecule has 0 atom stereocenters. The number of hydrogen-bond acceptors (Lipinski definition) is 2. The number of halogens is 4. The lowest BCUT2D eigenvalue weighted by Gasteiger charge is -2.12. The minimum Gasteiger partial charge on any atom is -0.375 e. The summed E-state index contributed by atoms with van der Waals surface area (Å²) in [5.74, 6) is -0.345. The maximum absolute atomic E-state index is 12.7. The molecule has 7 heteroatoms. The number of hydrogen-bond donors (Lipinski definition) is 2. The molecule has 0 spiro atoms. The number of anilines is 1. The topological polar surface area (TPSA) is 41.1 Å². The van der Waals surface area contributed by atoms with E-state index in [1.54, 1.807) is 0 Å². The number of amides is 1. The molecule has 0 radical (unpaired) electrons. The Bertz CT molecular complexity index is 675. The van der Waals surface area contributed by atoms with Gasteiger partial charge in [0.25, 0.3) is 0 Å². The van der Waals surface area contributed by atoms with E-state index in [2.05, 4.69) is 10.6 Å². The summed E-state index contributed by atoms with van der Waals surface area (Å²) in [5.41, 5.74) is 0.170. The number of nitrogens with one attached hydrogen (secondary N) is 2. The molecule has 0 bridgehead atoms. The van der Waals surface area contributed by atoms with E-state index in [-0.39, 0.29) is 23.2 Å². The van der Waals surface area contributed by atoms with Crippen LogP contribution in [0.2, 0.25) is 5.02 Å². The van der Waals surface area contributed by atoms with Gasteiger partial charge in [0, 0.05) is 6.54 Å². The highest BCUT2D eigenvalue weighted by Crippen LogP contribution is 2.33. The summed E-state index contributed by atoms with van der Waals surface area (Å²) in [5, 5.41) is 5.40. The summed E-state index contributed by atoms with van der Waals surface area (Å²) in [4.78, 5) is 11.7. The fraction of sp³-hybridized carbons (Fsp3) is 0.188. The van der Waals surface area contributed by atoms with Crippen molar-refractivity contribution in [1.29, 1.82) is 0 Å². The third-order valence-corrected chi connectivity index (χ3v) is 3.40. The SMILES string of the molecule is O=C(CNc1cc(C(F)(F)F)ccc1Cl)NCc1ccccc1. The zero-order valence-corrected chi connectivity index (χ0v) is 12.7. The van der Waals surface area contributed by atoms with E-state index in [1.807, 2.05) is 30.3 Å². The molecule has 0 fully saturated rings. The third-order valence-electron chi connectivity index (χ3n) is 3.07. The van der Waals surface area contributed by atoms with E-state index >= 15 is 0 Å². The van der Waals surface area contributed by atoms with Crippen molar-refractivity contribution < 1.29 is 18.0 Å². The standard InChI is InChI=1S/C16H14ClF3N2O/c17-13-7-6-12(16(18,19)20)8-14(13)21-10-15(23)22-9-11-4-2-1-3-5-11/h1-8,21H,9-10H2,(H,22,23). The lowest BCUT2D eigenvalue weighted by molar-refractivity contribution is -0.137. The summed E-state index contributed by atoms with van der Waals surface area (Å²) in [6, 6.07) is 12.2. The Balaban J connectivity index is 1.91. The lowest BCUT2D eigenvalue weighted by atomic mass is 10.2. The second-order valence-corrected chi connectivity index (χ2v) is 5.22.